The van der Waals surface area contributed by atoms with Gasteiger partial charge in [-0.05, 0) is 31.2 Å². The molecule has 0 bridgehead atoms. The fourth-order valence-electron chi connectivity index (χ4n) is 2.57. The largest absolute Gasteiger partial charge is 0.390 e. The van der Waals surface area contributed by atoms with Crippen LogP contribution in [0.5, 0.6) is 0 Å². The van der Waals surface area contributed by atoms with E-state index in [-0.39, 0.29) is 29.7 Å². The summed E-state index contributed by atoms with van der Waals surface area (Å²) in [6.45, 7) is 2.48. The van der Waals surface area contributed by atoms with Gasteiger partial charge in [-0.2, -0.15) is 0 Å². The Labute approximate surface area is 146 Å². The maximum Gasteiger partial charge on any atom is 0.238 e. The summed E-state index contributed by atoms with van der Waals surface area (Å²) in [5.41, 5.74) is 1.19. The number of carbonyl (C=O) groups excluding carboxylic acids is 2. The van der Waals surface area contributed by atoms with Gasteiger partial charge in [-0.15, -0.1) is 0 Å². The first-order chi connectivity index (χ1) is 11.8. The molecule has 1 aromatic carbocycles. The van der Waals surface area contributed by atoms with E-state index in [0.29, 0.717) is 24.3 Å². The van der Waals surface area contributed by atoms with Gasteiger partial charge in [-0.25, -0.2) is 8.42 Å². The summed E-state index contributed by atoms with van der Waals surface area (Å²) in [5, 5.41) is 18.3. The van der Waals surface area contributed by atoms with Crippen molar-refractivity contribution in [1.29, 1.82) is 0 Å². The van der Waals surface area contributed by atoms with E-state index in [1.165, 1.54) is 6.92 Å². The lowest BCUT2D eigenvalue weighted by atomic mass is 10.1. The predicted octanol–water partition coefficient (Wildman–Crippen LogP) is -0.835. The number of benzene rings is 1. The Kier molecular flexibility index (Phi) is 6.65. The van der Waals surface area contributed by atoms with E-state index in [0.717, 1.165) is 0 Å². The molecule has 1 saturated heterocycles. The SMILES string of the molecule is CC(=O)c1ccc(NC(=O)CNCCNC2CS(=O)(=O)CC2O)cc1. The topological polar surface area (TPSA) is 125 Å². The summed E-state index contributed by atoms with van der Waals surface area (Å²) in [6.07, 6.45) is -0.883. The summed E-state index contributed by atoms with van der Waals surface area (Å²) in [5.74, 6) is -0.528. The highest BCUT2D eigenvalue weighted by atomic mass is 32.2. The number of hydrogen-bond donors (Lipinski definition) is 4. The third kappa shape index (κ3) is 6.20. The molecule has 8 nitrogen and oxygen atoms in total. The number of ketones is 1. The summed E-state index contributed by atoms with van der Waals surface area (Å²) in [7, 11) is -3.16. The molecule has 1 amide bonds. The van der Waals surface area contributed by atoms with Crippen LogP contribution in [0, 0.1) is 0 Å². The minimum absolute atomic E-state index is 0.0350. The second-order valence-corrected chi connectivity index (χ2v) is 8.22. The second kappa shape index (κ2) is 8.52. The quantitative estimate of drug-likeness (QED) is 0.348. The van der Waals surface area contributed by atoms with Crippen molar-refractivity contribution >= 4 is 27.2 Å². The first kappa shape index (κ1) is 19.5. The number of aliphatic hydroxyl groups is 1. The van der Waals surface area contributed by atoms with E-state index in [4.69, 9.17) is 0 Å². The van der Waals surface area contributed by atoms with Crippen molar-refractivity contribution in [2.45, 2.75) is 19.1 Å². The average molecular weight is 369 g/mol. The smallest absolute Gasteiger partial charge is 0.238 e. The molecule has 1 aliphatic heterocycles. The van der Waals surface area contributed by atoms with Crippen LogP contribution in [0.4, 0.5) is 5.69 Å². The highest BCUT2D eigenvalue weighted by molar-refractivity contribution is 7.91. The van der Waals surface area contributed by atoms with Gasteiger partial charge in [-0.3, -0.25) is 9.59 Å². The molecule has 0 spiro atoms. The van der Waals surface area contributed by atoms with Gasteiger partial charge < -0.3 is 21.1 Å². The minimum atomic E-state index is -3.16. The number of amides is 1. The zero-order chi connectivity index (χ0) is 18.4. The Morgan fingerprint density at radius 3 is 2.40 bits per heavy atom. The zero-order valence-corrected chi connectivity index (χ0v) is 14.8. The molecule has 0 aromatic heterocycles. The molecule has 4 N–H and O–H groups in total. The van der Waals surface area contributed by atoms with E-state index in [1.54, 1.807) is 24.3 Å². The standard InChI is InChI=1S/C16H23N3O5S/c1-11(20)12-2-4-13(5-3-12)19-16(22)8-17-6-7-18-14-9-25(23,24)10-15(14)21/h2-5,14-15,17-18,21H,6-10H2,1H3,(H,19,22). The highest BCUT2D eigenvalue weighted by Crippen LogP contribution is 2.12. The first-order valence-corrected chi connectivity index (χ1v) is 9.82. The number of aliphatic hydroxyl groups excluding tert-OH is 1. The Bertz CT molecular complexity index is 718. The van der Waals surface area contributed by atoms with Crippen LogP contribution in [0.25, 0.3) is 0 Å². The lowest BCUT2D eigenvalue weighted by Crippen LogP contribution is -2.42. The maximum atomic E-state index is 11.8. The van der Waals surface area contributed by atoms with Crippen LogP contribution in [0.2, 0.25) is 0 Å². The fourth-order valence-corrected chi connectivity index (χ4v) is 4.34. The molecular formula is C16H23N3O5S. The van der Waals surface area contributed by atoms with Crippen molar-refractivity contribution < 1.29 is 23.1 Å². The average Bonchev–Trinajstić information content (AvgIpc) is 2.79. The van der Waals surface area contributed by atoms with Crippen molar-refractivity contribution in [3.8, 4) is 0 Å². The maximum absolute atomic E-state index is 11.8. The molecule has 1 fully saturated rings. The fraction of sp³-hybridized carbons (Fsp3) is 0.500. The molecule has 2 atom stereocenters. The Hall–Kier alpha value is -1.81. The van der Waals surface area contributed by atoms with E-state index in [1.807, 2.05) is 0 Å². The molecule has 2 rings (SSSR count). The van der Waals surface area contributed by atoms with Crippen molar-refractivity contribution in [1.82, 2.24) is 10.6 Å². The van der Waals surface area contributed by atoms with E-state index in [2.05, 4.69) is 16.0 Å². The van der Waals surface area contributed by atoms with Crippen LogP contribution in [-0.4, -0.2) is 68.5 Å². The van der Waals surface area contributed by atoms with Crippen molar-refractivity contribution in [2.24, 2.45) is 0 Å². The van der Waals surface area contributed by atoms with E-state index < -0.39 is 22.0 Å². The third-order valence-corrected chi connectivity index (χ3v) is 5.61. The van der Waals surface area contributed by atoms with Gasteiger partial charge in [0.15, 0.2) is 15.6 Å². The molecule has 0 radical (unpaired) electrons. The van der Waals surface area contributed by atoms with Crippen LogP contribution >= 0.6 is 0 Å². The zero-order valence-electron chi connectivity index (χ0n) is 14.0. The number of anilines is 1. The summed E-state index contributed by atoms with van der Waals surface area (Å²) >= 11 is 0. The second-order valence-electron chi connectivity index (χ2n) is 6.06. The van der Waals surface area contributed by atoms with Gasteiger partial charge in [0.1, 0.15) is 0 Å². The minimum Gasteiger partial charge on any atom is -0.390 e. The number of Topliss-reactive ketones (excluding diaryl/α,β-unsaturated/α-hetero) is 1. The van der Waals surface area contributed by atoms with Gasteiger partial charge in [0.25, 0.3) is 0 Å². The molecule has 25 heavy (non-hydrogen) atoms. The lowest BCUT2D eigenvalue weighted by Gasteiger charge is -2.15. The van der Waals surface area contributed by atoms with Crippen LogP contribution in [0.15, 0.2) is 24.3 Å². The van der Waals surface area contributed by atoms with Gasteiger partial charge in [0.2, 0.25) is 5.91 Å². The Morgan fingerprint density at radius 1 is 1.16 bits per heavy atom. The molecular weight excluding hydrogens is 346 g/mol. The molecule has 9 heteroatoms. The number of rotatable bonds is 8. The summed E-state index contributed by atoms with van der Waals surface area (Å²) in [4.78, 5) is 23.0. The summed E-state index contributed by atoms with van der Waals surface area (Å²) < 4.78 is 22.7. The third-order valence-electron chi connectivity index (χ3n) is 3.89. The lowest BCUT2D eigenvalue weighted by molar-refractivity contribution is -0.115. The normalized spacial score (nSPS) is 21.8. The molecule has 0 saturated carbocycles. The van der Waals surface area contributed by atoms with E-state index >= 15 is 0 Å². The van der Waals surface area contributed by atoms with Gasteiger partial charge in [0, 0.05) is 30.4 Å². The van der Waals surface area contributed by atoms with Crippen LogP contribution in [0.3, 0.4) is 0 Å². The predicted molar refractivity (Wildman–Crippen MR) is 94.4 cm³/mol. The molecule has 1 aliphatic rings. The van der Waals surface area contributed by atoms with Crippen molar-refractivity contribution in [2.75, 3.05) is 36.5 Å². The van der Waals surface area contributed by atoms with Gasteiger partial charge in [0.05, 0.1) is 24.2 Å². The molecule has 138 valence electrons. The van der Waals surface area contributed by atoms with Crippen LogP contribution in [0.1, 0.15) is 17.3 Å². The number of carbonyl (C=O) groups is 2. The Balaban J connectivity index is 1.63. The highest BCUT2D eigenvalue weighted by Gasteiger charge is 2.35. The number of nitrogens with one attached hydrogen (secondary N) is 3. The van der Waals surface area contributed by atoms with Gasteiger partial charge in [-0.1, -0.05) is 0 Å². The van der Waals surface area contributed by atoms with Crippen LogP contribution in [-0.2, 0) is 14.6 Å². The van der Waals surface area contributed by atoms with Crippen molar-refractivity contribution in [3.63, 3.8) is 0 Å². The van der Waals surface area contributed by atoms with E-state index in [9.17, 15) is 23.1 Å². The number of sulfone groups is 1. The molecule has 1 aromatic rings. The monoisotopic (exact) mass is 369 g/mol. The van der Waals surface area contributed by atoms with Gasteiger partial charge >= 0.3 is 0 Å². The van der Waals surface area contributed by atoms with Crippen LogP contribution < -0.4 is 16.0 Å². The molecule has 1 heterocycles. The summed E-state index contributed by atoms with van der Waals surface area (Å²) in [6, 6.07) is 6.17. The number of hydrogen-bond acceptors (Lipinski definition) is 7. The van der Waals surface area contributed by atoms with Crippen molar-refractivity contribution in [3.05, 3.63) is 29.8 Å². The molecule has 0 aliphatic carbocycles. The Morgan fingerprint density at radius 2 is 1.84 bits per heavy atom. The first-order valence-electron chi connectivity index (χ1n) is 8.00. The molecule has 2 unspecified atom stereocenters.